The first-order valence-electron chi connectivity index (χ1n) is 9.53. The molecule has 2 aliphatic rings. The highest BCUT2D eigenvalue weighted by Gasteiger charge is 2.26. The van der Waals surface area contributed by atoms with Gasteiger partial charge in [-0.25, -0.2) is 9.48 Å². The van der Waals surface area contributed by atoms with Crippen LogP contribution in [0.5, 0.6) is 0 Å². The molecule has 1 N–H and O–H groups in total. The minimum Gasteiger partial charge on any atom is -0.371 e. The molecule has 1 aromatic carbocycles. The summed E-state index contributed by atoms with van der Waals surface area (Å²) in [4.78, 5) is 16.8. The summed E-state index contributed by atoms with van der Waals surface area (Å²) in [6.07, 6.45) is 5.41. The van der Waals surface area contributed by atoms with Crippen LogP contribution in [0.1, 0.15) is 19.3 Å². The van der Waals surface area contributed by atoms with Crippen molar-refractivity contribution >= 4 is 17.5 Å². The number of hydrogen-bond acceptors (Lipinski definition) is 3. The molecular formula is C20H27N5O. The predicted molar refractivity (Wildman–Crippen MR) is 103 cm³/mol. The van der Waals surface area contributed by atoms with E-state index >= 15 is 0 Å². The van der Waals surface area contributed by atoms with Crippen LogP contribution >= 0.6 is 0 Å². The SMILES string of the molecule is CN(C[C@@H]1CCN(c2ccccc2)C1)C(=O)Nc1ccnn1CC1CC1. The van der Waals surface area contributed by atoms with Crippen molar-refractivity contribution in [1.82, 2.24) is 14.7 Å². The van der Waals surface area contributed by atoms with E-state index in [4.69, 9.17) is 0 Å². The number of carbonyl (C=O) groups excluding carboxylic acids is 1. The molecule has 2 amide bonds. The van der Waals surface area contributed by atoms with Crippen molar-refractivity contribution in [2.24, 2.45) is 11.8 Å². The van der Waals surface area contributed by atoms with Crippen molar-refractivity contribution in [3.8, 4) is 0 Å². The van der Waals surface area contributed by atoms with E-state index in [9.17, 15) is 4.79 Å². The average molecular weight is 353 g/mol. The summed E-state index contributed by atoms with van der Waals surface area (Å²) in [7, 11) is 1.88. The van der Waals surface area contributed by atoms with Gasteiger partial charge in [0, 0.05) is 45.0 Å². The maximum absolute atomic E-state index is 12.6. The topological polar surface area (TPSA) is 53.4 Å². The first-order valence-corrected chi connectivity index (χ1v) is 9.53. The summed E-state index contributed by atoms with van der Waals surface area (Å²) in [5.41, 5.74) is 1.27. The van der Waals surface area contributed by atoms with Crippen LogP contribution in [0.4, 0.5) is 16.3 Å². The smallest absolute Gasteiger partial charge is 0.322 e. The summed E-state index contributed by atoms with van der Waals surface area (Å²) in [5.74, 6) is 2.03. The number of rotatable bonds is 6. The monoisotopic (exact) mass is 353 g/mol. The van der Waals surface area contributed by atoms with Crippen molar-refractivity contribution in [3.63, 3.8) is 0 Å². The van der Waals surface area contributed by atoms with Gasteiger partial charge in [-0.2, -0.15) is 5.10 Å². The highest BCUT2D eigenvalue weighted by Crippen LogP contribution is 2.31. The molecular weight excluding hydrogens is 326 g/mol. The van der Waals surface area contributed by atoms with E-state index in [1.54, 1.807) is 11.1 Å². The normalized spacial score (nSPS) is 19.6. The van der Waals surface area contributed by atoms with Crippen LogP contribution in [-0.2, 0) is 6.54 Å². The Morgan fingerprint density at radius 2 is 2.00 bits per heavy atom. The van der Waals surface area contributed by atoms with E-state index in [1.165, 1.54) is 18.5 Å². The highest BCUT2D eigenvalue weighted by atomic mass is 16.2. The maximum Gasteiger partial charge on any atom is 0.322 e. The summed E-state index contributed by atoms with van der Waals surface area (Å²) in [6.45, 7) is 3.73. The number of benzene rings is 1. The molecule has 0 bridgehead atoms. The number of para-hydroxylation sites is 1. The molecule has 0 spiro atoms. The molecule has 1 saturated heterocycles. The number of nitrogens with zero attached hydrogens (tertiary/aromatic N) is 4. The van der Waals surface area contributed by atoms with Crippen LogP contribution < -0.4 is 10.2 Å². The van der Waals surface area contributed by atoms with Gasteiger partial charge in [0.1, 0.15) is 5.82 Å². The molecule has 26 heavy (non-hydrogen) atoms. The maximum atomic E-state index is 12.6. The first kappa shape index (κ1) is 16.9. The van der Waals surface area contributed by atoms with Gasteiger partial charge in [-0.05, 0) is 43.2 Å². The fourth-order valence-corrected chi connectivity index (χ4v) is 3.66. The van der Waals surface area contributed by atoms with Gasteiger partial charge in [-0.1, -0.05) is 18.2 Å². The summed E-state index contributed by atoms with van der Waals surface area (Å²) in [5, 5.41) is 7.35. The Balaban J connectivity index is 1.29. The van der Waals surface area contributed by atoms with Crippen molar-refractivity contribution in [2.75, 3.05) is 36.9 Å². The molecule has 1 saturated carbocycles. The van der Waals surface area contributed by atoms with E-state index in [-0.39, 0.29) is 6.03 Å². The molecule has 2 aromatic rings. The van der Waals surface area contributed by atoms with Gasteiger partial charge in [0.25, 0.3) is 0 Å². The lowest BCUT2D eigenvalue weighted by atomic mass is 10.1. The minimum atomic E-state index is -0.0549. The number of hydrogen-bond donors (Lipinski definition) is 1. The lowest BCUT2D eigenvalue weighted by Gasteiger charge is -2.23. The number of aromatic nitrogens is 2. The van der Waals surface area contributed by atoms with E-state index in [0.717, 1.165) is 44.3 Å². The average Bonchev–Trinajstić information content (AvgIpc) is 3.17. The lowest BCUT2D eigenvalue weighted by Crippen LogP contribution is -2.36. The summed E-state index contributed by atoms with van der Waals surface area (Å²) >= 11 is 0. The molecule has 0 unspecified atom stereocenters. The zero-order valence-corrected chi connectivity index (χ0v) is 15.3. The molecule has 2 heterocycles. The molecule has 1 atom stereocenters. The van der Waals surface area contributed by atoms with E-state index in [1.807, 2.05) is 23.9 Å². The van der Waals surface area contributed by atoms with Gasteiger partial charge in [-0.3, -0.25) is 5.32 Å². The standard InChI is InChI=1S/C20H27N5O/c1-23(13-17-10-12-24(14-17)18-5-3-2-4-6-18)20(26)22-19-9-11-21-25(19)15-16-7-8-16/h2-6,9,11,16-17H,7-8,10,12-15H2,1H3,(H,22,26)/t17-/m0/s1. The van der Waals surface area contributed by atoms with Gasteiger partial charge in [-0.15, -0.1) is 0 Å². The number of urea groups is 1. The highest BCUT2D eigenvalue weighted by molar-refractivity contribution is 5.88. The third-order valence-corrected chi connectivity index (χ3v) is 5.37. The first-order chi connectivity index (χ1) is 12.7. The summed E-state index contributed by atoms with van der Waals surface area (Å²) in [6, 6.07) is 12.3. The third kappa shape index (κ3) is 4.00. The Morgan fingerprint density at radius 1 is 1.19 bits per heavy atom. The molecule has 4 rings (SSSR count). The van der Waals surface area contributed by atoms with Crippen LogP contribution in [0.2, 0.25) is 0 Å². The second kappa shape index (κ2) is 7.40. The van der Waals surface area contributed by atoms with Crippen LogP contribution in [0.25, 0.3) is 0 Å². The number of carbonyl (C=O) groups is 1. The Labute approximate surface area is 154 Å². The molecule has 6 nitrogen and oxygen atoms in total. The molecule has 1 aromatic heterocycles. The molecule has 138 valence electrons. The predicted octanol–water partition coefficient (Wildman–Crippen LogP) is 3.28. The van der Waals surface area contributed by atoms with Crippen LogP contribution in [0, 0.1) is 11.8 Å². The van der Waals surface area contributed by atoms with Gasteiger partial charge in [0.05, 0.1) is 6.20 Å². The molecule has 0 radical (unpaired) electrons. The Bertz CT molecular complexity index is 740. The van der Waals surface area contributed by atoms with Gasteiger partial charge < -0.3 is 9.80 Å². The minimum absolute atomic E-state index is 0.0549. The number of amides is 2. The van der Waals surface area contributed by atoms with Crippen LogP contribution in [0.15, 0.2) is 42.6 Å². The fraction of sp³-hybridized carbons (Fsp3) is 0.500. The third-order valence-electron chi connectivity index (χ3n) is 5.37. The molecule has 1 aliphatic carbocycles. The van der Waals surface area contributed by atoms with Crippen molar-refractivity contribution in [3.05, 3.63) is 42.6 Å². The largest absolute Gasteiger partial charge is 0.371 e. The zero-order chi connectivity index (χ0) is 17.9. The van der Waals surface area contributed by atoms with Gasteiger partial charge >= 0.3 is 6.03 Å². The second-order valence-corrected chi connectivity index (χ2v) is 7.59. The summed E-state index contributed by atoms with van der Waals surface area (Å²) < 4.78 is 1.91. The Hall–Kier alpha value is -2.50. The molecule has 1 aliphatic heterocycles. The van der Waals surface area contributed by atoms with Crippen LogP contribution in [0.3, 0.4) is 0 Å². The van der Waals surface area contributed by atoms with Gasteiger partial charge in [0.2, 0.25) is 0 Å². The van der Waals surface area contributed by atoms with Crippen molar-refractivity contribution in [1.29, 1.82) is 0 Å². The molecule has 2 fully saturated rings. The Morgan fingerprint density at radius 3 is 2.77 bits per heavy atom. The molecule has 6 heteroatoms. The quantitative estimate of drug-likeness (QED) is 0.867. The number of anilines is 2. The fourth-order valence-electron chi connectivity index (χ4n) is 3.66. The van der Waals surface area contributed by atoms with Crippen molar-refractivity contribution in [2.45, 2.75) is 25.8 Å². The van der Waals surface area contributed by atoms with Crippen LogP contribution in [-0.4, -0.2) is 47.4 Å². The van der Waals surface area contributed by atoms with E-state index in [2.05, 4.69) is 39.6 Å². The van der Waals surface area contributed by atoms with Crippen molar-refractivity contribution < 1.29 is 4.79 Å². The lowest BCUT2D eigenvalue weighted by molar-refractivity contribution is 0.215. The van der Waals surface area contributed by atoms with Gasteiger partial charge in [0.15, 0.2) is 0 Å². The Kier molecular flexibility index (Phi) is 4.82. The van der Waals surface area contributed by atoms with E-state index < -0.39 is 0 Å². The van der Waals surface area contributed by atoms with E-state index in [0.29, 0.717) is 5.92 Å². The number of nitrogens with one attached hydrogen (secondary N) is 1. The second-order valence-electron chi connectivity index (χ2n) is 7.59. The zero-order valence-electron chi connectivity index (χ0n) is 15.3.